The van der Waals surface area contributed by atoms with Gasteiger partial charge in [-0.1, -0.05) is 23.7 Å². The van der Waals surface area contributed by atoms with Crippen LogP contribution in [0.1, 0.15) is 24.0 Å². The second-order valence-electron chi connectivity index (χ2n) is 5.67. The molecule has 0 aliphatic carbocycles. The zero-order valence-corrected chi connectivity index (χ0v) is 13.3. The number of carbonyl (C=O) groups is 1. The summed E-state index contributed by atoms with van der Waals surface area (Å²) in [7, 11) is 1.31. The van der Waals surface area contributed by atoms with Crippen molar-refractivity contribution >= 4 is 17.6 Å². The Balaban J connectivity index is 1.86. The molecule has 5 heteroatoms. The first-order valence-corrected chi connectivity index (χ1v) is 7.62. The largest absolute Gasteiger partial charge is 0.467 e. The Morgan fingerprint density at radius 2 is 2.14 bits per heavy atom. The van der Waals surface area contributed by atoms with Crippen LogP contribution in [0.3, 0.4) is 0 Å². The van der Waals surface area contributed by atoms with E-state index in [0.717, 1.165) is 43.1 Å². The van der Waals surface area contributed by atoms with E-state index in [1.165, 1.54) is 12.7 Å². The minimum Gasteiger partial charge on any atom is -0.467 e. The van der Waals surface area contributed by atoms with Gasteiger partial charge in [-0.3, -0.25) is 4.90 Å². The lowest BCUT2D eigenvalue weighted by Gasteiger charge is -2.33. The van der Waals surface area contributed by atoms with Crippen LogP contribution in [0.4, 0.5) is 0 Å². The maximum absolute atomic E-state index is 11.4. The van der Waals surface area contributed by atoms with E-state index in [1.54, 1.807) is 0 Å². The molecule has 0 amide bonds. The zero-order chi connectivity index (χ0) is 15.4. The van der Waals surface area contributed by atoms with Crippen LogP contribution in [0.25, 0.3) is 0 Å². The smallest absolute Gasteiger partial charge is 0.334 e. The Morgan fingerprint density at radius 3 is 2.71 bits per heavy atom. The van der Waals surface area contributed by atoms with Gasteiger partial charge in [-0.2, -0.15) is 0 Å². The molecule has 0 spiro atoms. The molecular weight excluding hydrogens is 290 g/mol. The molecule has 1 aromatic rings. The molecule has 116 valence electrons. The molecule has 1 heterocycles. The number of rotatable bonds is 4. The minimum absolute atomic E-state index is 0.00435. The number of aryl methyl sites for hydroxylation is 1. The van der Waals surface area contributed by atoms with Crippen molar-refractivity contribution < 1.29 is 14.6 Å². The predicted molar refractivity (Wildman–Crippen MR) is 82.2 cm³/mol. The molecule has 0 aromatic heterocycles. The zero-order valence-electron chi connectivity index (χ0n) is 12.5. The molecule has 4 nitrogen and oxygen atoms in total. The third-order valence-corrected chi connectivity index (χ3v) is 4.57. The highest BCUT2D eigenvalue weighted by Crippen LogP contribution is 2.24. The molecule has 1 atom stereocenters. The van der Waals surface area contributed by atoms with E-state index in [9.17, 15) is 9.90 Å². The second-order valence-corrected chi connectivity index (χ2v) is 6.07. The Bertz CT molecular complexity index is 498. The summed E-state index contributed by atoms with van der Waals surface area (Å²) in [6, 6.07) is 6.13. The monoisotopic (exact) mass is 311 g/mol. The van der Waals surface area contributed by atoms with Gasteiger partial charge >= 0.3 is 5.97 Å². The van der Waals surface area contributed by atoms with Crippen molar-refractivity contribution in [3.05, 3.63) is 34.3 Å². The van der Waals surface area contributed by atoms with Crippen LogP contribution in [0.15, 0.2) is 18.2 Å². The normalized spacial score (nSPS) is 18.5. The SMILES string of the molecule is COC(=O)[C@H](O)C1CCN(Cc2ccc(C)c(Cl)c2)CC1. The number of likely N-dealkylation sites (tertiary alicyclic amines) is 1. The van der Waals surface area contributed by atoms with Gasteiger partial charge in [0.25, 0.3) is 0 Å². The van der Waals surface area contributed by atoms with Crippen LogP contribution < -0.4 is 0 Å². The van der Waals surface area contributed by atoms with Gasteiger partial charge < -0.3 is 9.84 Å². The van der Waals surface area contributed by atoms with Crippen molar-refractivity contribution in [1.82, 2.24) is 4.90 Å². The van der Waals surface area contributed by atoms with Crippen molar-refractivity contribution in [2.45, 2.75) is 32.4 Å². The minimum atomic E-state index is -0.994. The molecule has 1 N–H and O–H groups in total. The molecule has 1 aliphatic rings. The molecule has 21 heavy (non-hydrogen) atoms. The van der Waals surface area contributed by atoms with Gasteiger partial charge in [-0.15, -0.1) is 0 Å². The van der Waals surface area contributed by atoms with Crippen molar-refractivity contribution in [3.63, 3.8) is 0 Å². The Kier molecular flexibility index (Phi) is 5.62. The number of carbonyl (C=O) groups excluding carboxylic acids is 1. The van der Waals surface area contributed by atoms with E-state index >= 15 is 0 Å². The highest BCUT2D eigenvalue weighted by atomic mass is 35.5. The molecule has 0 saturated carbocycles. The molecule has 1 saturated heterocycles. The summed E-state index contributed by atoms with van der Waals surface area (Å²) in [5, 5.41) is 10.7. The predicted octanol–water partition coefficient (Wildman–Crippen LogP) is 2.39. The fourth-order valence-electron chi connectivity index (χ4n) is 2.73. The molecule has 1 fully saturated rings. The number of ether oxygens (including phenoxy) is 1. The Hall–Kier alpha value is -1.10. The lowest BCUT2D eigenvalue weighted by molar-refractivity contribution is -0.154. The Labute approximate surface area is 130 Å². The summed E-state index contributed by atoms with van der Waals surface area (Å²) in [6.07, 6.45) is 0.608. The van der Waals surface area contributed by atoms with Crippen LogP contribution in [-0.2, 0) is 16.1 Å². The highest BCUT2D eigenvalue weighted by Gasteiger charge is 2.30. The molecule has 0 radical (unpaired) electrons. The average molecular weight is 312 g/mol. The average Bonchev–Trinajstić information content (AvgIpc) is 2.50. The number of benzene rings is 1. The van der Waals surface area contributed by atoms with Gasteiger partial charge in [-0.25, -0.2) is 4.79 Å². The third kappa shape index (κ3) is 4.19. The number of methoxy groups -OCH3 is 1. The highest BCUT2D eigenvalue weighted by molar-refractivity contribution is 6.31. The maximum Gasteiger partial charge on any atom is 0.334 e. The number of aliphatic hydroxyl groups excluding tert-OH is 1. The fourth-order valence-corrected chi connectivity index (χ4v) is 2.94. The summed E-state index contributed by atoms with van der Waals surface area (Å²) >= 11 is 6.14. The molecule has 0 unspecified atom stereocenters. The van der Waals surface area contributed by atoms with Crippen LogP contribution >= 0.6 is 11.6 Å². The number of aliphatic hydroxyl groups is 1. The number of nitrogens with zero attached hydrogens (tertiary/aromatic N) is 1. The summed E-state index contributed by atoms with van der Waals surface area (Å²) in [4.78, 5) is 13.7. The number of piperidine rings is 1. The number of esters is 1. The molecule has 1 aliphatic heterocycles. The summed E-state index contributed by atoms with van der Waals surface area (Å²) < 4.78 is 4.59. The first-order valence-electron chi connectivity index (χ1n) is 7.24. The molecule has 0 bridgehead atoms. The van der Waals surface area contributed by atoms with E-state index in [2.05, 4.69) is 15.7 Å². The standard InChI is InChI=1S/C16H22ClNO3/c1-11-3-4-12(9-14(11)17)10-18-7-5-13(6-8-18)15(19)16(20)21-2/h3-4,9,13,15,19H,5-8,10H2,1-2H3/t15-/m1/s1. The first-order chi connectivity index (χ1) is 10.0. The van der Waals surface area contributed by atoms with Crippen LogP contribution in [0.2, 0.25) is 5.02 Å². The number of halogens is 1. The van der Waals surface area contributed by atoms with Crippen molar-refractivity contribution in [2.75, 3.05) is 20.2 Å². The lowest BCUT2D eigenvalue weighted by atomic mass is 9.91. The van der Waals surface area contributed by atoms with E-state index < -0.39 is 12.1 Å². The van der Waals surface area contributed by atoms with Gasteiger partial charge in [0, 0.05) is 11.6 Å². The van der Waals surface area contributed by atoms with Crippen LogP contribution in [0.5, 0.6) is 0 Å². The van der Waals surface area contributed by atoms with Crippen LogP contribution in [0, 0.1) is 12.8 Å². The van der Waals surface area contributed by atoms with Gasteiger partial charge in [0.15, 0.2) is 6.10 Å². The van der Waals surface area contributed by atoms with Crippen LogP contribution in [-0.4, -0.2) is 42.3 Å². The quantitative estimate of drug-likeness (QED) is 0.868. The van der Waals surface area contributed by atoms with Crippen molar-refractivity contribution in [1.29, 1.82) is 0 Å². The number of hydrogen-bond donors (Lipinski definition) is 1. The molecular formula is C16H22ClNO3. The lowest BCUT2D eigenvalue weighted by Crippen LogP contribution is -2.40. The van der Waals surface area contributed by atoms with Crippen molar-refractivity contribution in [2.24, 2.45) is 5.92 Å². The maximum atomic E-state index is 11.4. The van der Waals surface area contributed by atoms with Gasteiger partial charge in [0.1, 0.15) is 0 Å². The van der Waals surface area contributed by atoms with Gasteiger partial charge in [0.2, 0.25) is 0 Å². The summed E-state index contributed by atoms with van der Waals surface area (Å²) in [5.74, 6) is -0.533. The Morgan fingerprint density at radius 1 is 1.48 bits per heavy atom. The topological polar surface area (TPSA) is 49.8 Å². The fraction of sp³-hybridized carbons (Fsp3) is 0.562. The summed E-state index contributed by atoms with van der Waals surface area (Å²) in [6.45, 7) is 4.57. The first kappa shape index (κ1) is 16.3. The van der Waals surface area contributed by atoms with Crippen molar-refractivity contribution in [3.8, 4) is 0 Å². The number of hydrogen-bond acceptors (Lipinski definition) is 4. The molecule has 1 aromatic carbocycles. The third-order valence-electron chi connectivity index (χ3n) is 4.16. The van der Waals surface area contributed by atoms with E-state index in [1.807, 2.05) is 19.1 Å². The summed E-state index contributed by atoms with van der Waals surface area (Å²) in [5.41, 5.74) is 2.28. The van der Waals surface area contributed by atoms with E-state index in [4.69, 9.17) is 11.6 Å². The molecule has 2 rings (SSSR count). The van der Waals surface area contributed by atoms with Gasteiger partial charge in [0.05, 0.1) is 7.11 Å². The van der Waals surface area contributed by atoms with E-state index in [0.29, 0.717) is 0 Å². The van der Waals surface area contributed by atoms with Gasteiger partial charge in [-0.05, 0) is 56.0 Å². The second kappa shape index (κ2) is 7.25. The van der Waals surface area contributed by atoms with E-state index in [-0.39, 0.29) is 5.92 Å².